The summed E-state index contributed by atoms with van der Waals surface area (Å²) >= 11 is 0. The van der Waals surface area contributed by atoms with Crippen LogP contribution in [0.3, 0.4) is 0 Å². The van der Waals surface area contributed by atoms with Gasteiger partial charge < -0.3 is 4.74 Å². The van der Waals surface area contributed by atoms with E-state index in [1.165, 1.54) is 0 Å². The van der Waals surface area contributed by atoms with Crippen LogP contribution in [0.4, 0.5) is 5.82 Å². The molecule has 5 nitrogen and oxygen atoms in total. The van der Waals surface area contributed by atoms with E-state index in [2.05, 4.69) is 4.98 Å². The summed E-state index contributed by atoms with van der Waals surface area (Å²) in [4.78, 5) is 22.2. The van der Waals surface area contributed by atoms with Gasteiger partial charge in [0.25, 0.3) is 0 Å². The highest BCUT2D eigenvalue weighted by molar-refractivity contribution is 6.10. The lowest BCUT2D eigenvalue weighted by molar-refractivity contribution is 0.415. The first kappa shape index (κ1) is 16.4. The van der Waals surface area contributed by atoms with Crippen molar-refractivity contribution in [1.82, 2.24) is 9.55 Å². The monoisotopic (exact) mass is 367 g/mol. The largest absolute Gasteiger partial charge is 0.497 e. The van der Waals surface area contributed by atoms with Crippen LogP contribution in [0.1, 0.15) is 17.2 Å². The summed E-state index contributed by atoms with van der Waals surface area (Å²) in [6.07, 6.45) is 0. The number of hydrogen-bond acceptors (Lipinski definition) is 4. The highest BCUT2D eigenvalue weighted by Crippen LogP contribution is 2.37. The number of benzene rings is 3. The molecule has 0 radical (unpaired) electrons. The second-order valence-electron chi connectivity index (χ2n) is 6.64. The lowest BCUT2D eigenvalue weighted by atomic mass is 9.97. The molecule has 0 aliphatic carbocycles. The summed E-state index contributed by atoms with van der Waals surface area (Å²) in [7, 11) is 1.64. The van der Waals surface area contributed by atoms with Gasteiger partial charge in [-0.25, -0.2) is 9.79 Å². The fourth-order valence-electron chi connectivity index (χ4n) is 3.71. The zero-order valence-corrected chi connectivity index (χ0v) is 15.2. The van der Waals surface area contributed by atoms with E-state index in [1.807, 2.05) is 78.9 Å². The molecule has 136 valence electrons. The molecule has 1 aliphatic rings. The topological polar surface area (TPSA) is 56.5 Å². The van der Waals surface area contributed by atoms with Gasteiger partial charge in [0.15, 0.2) is 0 Å². The molecule has 1 atom stereocenters. The molecule has 4 aromatic rings. The van der Waals surface area contributed by atoms with Crippen LogP contribution in [0.15, 0.2) is 88.6 Å². The Morgan fingerprint density at radius 2 is 1.61 bits per heavy atom. The predicted octanol–water partition coefficient (Wildman–Crippen LogP) is 4.13. The van der Waals surface area contributed by atoms with E-state index in [0.717, 1.165) is 28.0 Å². The Labute approximate surface area is 161 Å². The molecule has 0 fully saturated rings. The molecule has 2 heterocycles. The lowest BCUT2D eigenvalue weighted by Crippen LogP contribution is -2.29. The van der Waals surface area contributed by atoms with Crippen molar-refractivity contribution in [1.29, 1.82) is 0 Å². The van der Waals surface area contributed by atoms with E-state index < -0.39 is 0 Å². The number of nitrogens with zero attached hydrogens (tertiary/aromatic N) is 3. The van der Waals surface area contributed by atoms with Crippen molar-refractivity contribution in [3.63, 3.8) is 0 Å². The van der Waals surface area contributed by atoms with E-state index in [0.29, 0.717) is 11.3 Å². The lowest BCUT2D eigenvalue weighted by Gasteiger charge is -2.17. The molecule has 0 spiro atoms. The van der Waals surface area contributed by atoms with Crippen LogP contribution in [0.2, 0.25) is 0 Å². The zero-order chi connectivity index (χ0) is 19.1. The van der Waals surface area contributed by atoms with Gasteiger partial charge in [-0.1, -0.05) is 42.5 Å². The van der Waals surface area contributed by atoms with Crippen LogP contribution >= 0.6 is 0 Å². The SMILES string of the molecule is COc1ccc(C2=Nc3c4ccccc4nc(=O)n3C2c2ccccc2)cc1. The van der Waals surface area contributed by atoms with Crippen molar-refractivity contribution in [3.8, 4) is 5.75 Å². The molecular weight excluding hydrogens is 350 g/mol. The third-order valence-corrected chi connectivity index (χ3v) is 5.04. The highest BCUT2D eigenvalue weighted by Gasteiger charge is 2.32. The predicted molar refractivity (Wildman–Crippen MR) is 110 cm³/mol. The number of rotatable bonds is 3. The van der Waals surface area contributed by atoms with E-state index >= 15 is 0 Å². The minimum absolute atomic E-state index is 0.296. The highest BCUT2D eigenvalue weighted by atomic mass is 16.5. The third-order valence-electron chi connectivity index (χ3n) is 5.04. The summed E-state index contributed by atoms with van der Waals surface area (Å²) in [5.41, 5.74) is 3.13. The molecule has 0 saturated heterocycles. The molecule has 0 amide bonds. The molecule has 1 aliphatic heterocycles. The maximum Gasteiger partial charge on any atom is 0.350 e. The molecular formula is C23H17N3O2. The fourth-order valence-corrected chi connectivity index (χ4v) is 3.71. The van der Waals surface area contributed by atoms with Crippen LogP contribution < -0.4 is 10.4 Å². The van der Waals surface area contributed by atoms with Crippen LogP contribution in [-0.4, -0.2) is 22.4 Å². The zero-order valence-electron chi connectivity index (χ0n) is 15.2. The molecule has 28 heavy (non-hydrogen) atoms. The average Bonchev–Trinajstić information content (AvgIpc) is 3.16. The molecule has 1 aromatic heterocycles. The van der Waals surface area contributed by atoms with Gasteiger partial charge in [-0.05, 0) is 47.5 Å². The van der Waals surface area contributed by atoms with E-state index in [1.54, 1.807) is 11.7 Å². The Morgan fingerprint density at radius 3 is 2.36 bits per heavy atom. The molecule has 5 heteroatoms. The quantitative estimate of drug-likeness (QED) is 0.547. The number of aromatic nitrogens is 2. The minimum atomic E-state index is -0.325. The Bertz CT molecular complexity index is 1260. The van der Waals surface area contributed by atoms with Gasteiger partial charge in [0.2, 0.25) is 0 Å². The number of para-hydroxylation sites is 1. The van der Waals surface area contributed by atoms with Gasteiger partial charge in [-0.15, -0.1) is 0 Å². The van der Waals surface area contributed by atoms with Crippen molar-refractivity contribution in [3.05, 3.63) is 100 Å². The molecule has 0 N–H and O–H groups in total. The first-order valence-corrected chi connectivity index (χ1v) is 9.05. The maximum atomic E-state index is 12.9. The van der Waals surface area contributed by atoms with Crippen molar-refractivity contribution in [2.75, 3.05) is 7.11 Å². The number of ether oxygens (including phenoxy) is 1. The van der Waals surface area contributed by atoms with Crippen LogP contribution in [0.5, 0.6) is 5.75 Å². The number of aliphatic imine (C=N–C) groups is 1. The van der Waals surface area contributed by atoms with E-state index in [4.69, 9.17) is 9.73 Å². The maximum absolute atomic E-state index is 12.9. The number of hydrogen-bond donors (Lipinski definition) is 0. The number of fused-ring (bicyclic) bond motifs is 3. The third kappa shape index (κ3) is 2.52. The Morgan fingerprint density at radius 1 is 0.893 bits per heavy atom. The summed E-state index contributed by atoms with van der Waals surface area (Å²) in [5, 5.41) is 0.867. The van der Waals surface area contributed by atoms with Gasteiger partial charge in [0.1, 0.15) is 17.6 Å². The molecule has 5 rings (SSSR count). The smallest absolute Gasteiger partial charge is 0.350 e. The summed E-state index contributed by atoms with van der Waals surface area (Å²) in [5.74, 6) is 1.43. The van der Waals surface area contributed by atoms with Gasteiger partial charge in [0, 0.05) is 5.39 Å². The van der Waals surface area contributed by atoms with Gasteiger partial charge >= 0.3 is 5.69 Å². The van der Waals surface area contributed by atoms with Gasteiger partial charge in [-0.3, -0.25) is 4.57 Å². The van der Waals surface area contributed by atoms with Crippen LogP contribution in [0.25, 0.3) is 10.9 Å². The normalized spacial score (nSPS) is 15.3. The molecule has 1 unspecified atom stereocenters. The first-order valence-electron chi connectivity index (χ1n) is 9.05. The van der Waals surface area contributed by atoms with Crippen molar-refractivity contribution < 1.29 is 4.74 Å². The fraction of sp³-hybridized carbons (Fsp3) is 0.0870. The van der Waals surface area contributed by atoms with Crippen molar-refractivity contribution >= 4 is 22.4 Å². The standard InChI is InChI=1S/C23H17N3O2/c1-28-17-13-11-15(12-14-17)20-21(16-7-3-2-4-8-16)26-22(25-20)18-9-5-6-10-19(18)24-23(26)27/h2-14,21H,1H3. The van der Waals surface area contributed by atoms with Crippen LogP contribution in [-0.2, 0) is 0 Å². The second-order valence-corrected chi connectivity index (χ2v) is 6.64. The summed E-state index contributed by atoms with van der Waals surface area (Å²) < 4.78 is 6.97. The summed E-state index contributed by atoms with van der Waals surface area (Å²) in [6, 6.07) is 25.0. The van der Waals surface area contributed by atoms with Crippen LogP contribution in [0, 0.1) is 0 Å². The Hall–Kier alpha value is -3.73. The minimum Gasteiger partial charge on any atom is -0.497 e. The van der Waals surface area contributed by atoms with E-state index in [9.17, 15) is 4.79 Å². The van der Waals surface area contributed by atoms with Crippen molar-refractivity contribution in [2.45, 2.75) is 6.04 Å². The summed E-state index contributed by atoms with van der Waals surface area (Å²) in [6.45, 7) is 0. The molecule has 0 saturated carbocycles. The number of methoxy groups -OCH3 is 1. The Kier molecular flexibility index (Phi) is 3.79. The van der Waals surface area contributed by atoms with E-state index in [-0.39, 0.29) is 11.7 Å². The van der Waals surface area contributed by atoms with Gasteiger partial charge in [-0.2, -0.15) is 4.98 Å². The molecule has 3 aromatic carbocycles. The second kappa shape index (κ2) is 6.46. The van der Waals surface area contributed by atoms with Gasteiger partial charge in [0.05, 0.1) is 18.3 Å². The first-order chi connectivity index (χ1) is 13.8. The van der Waals surface area contributed by atoms with Crippen molar-refractivity contribution in [2.24, 2.45) is 4.99 Å². The Balaban J connectivity index is 1.79. The average molecular weight is 367 g/mol. The molecule has 0 bridgehead atoms.